The van der Waals surface area contributed by atoms with Crippen molar-refractivity contribution in [1.82, 2.24) is 0 Å². The van der Waals surface area contributed by atoms with Crippen LogP contribution in [0.2, 0.25) is 5.02 Å². The predicted octanol–water partition coefficient (Wildman–Crippen LogP) is 1.96. The van der Waals surface area contributed by atoms with Crippen LogP contribution in [-0.4, -0.2) is 32.3 Å². The van der Waals surface area contributed by atoms with Crippen molar-refractivity contribution < 1.29 is 22.7 Å². The summed E-state index contributed by atoms with van der Waals surface area (Å²) in [5, 5.41) is 8.62. The van der Waals surface area contributed by atoms with Gasteiger partial charge in [0.2, 0.25) is 10.0 Å². The van der Waals surface area contributed by atoms with Crippen LogP contribution in [0.1, 0.15) is 17.3 Å². The van der Waals surface area contributed by atoms with Crippen LogP contribution in [0.3, 0.4) is 0 Å². The topological polar surface area (TPSA) is 74.7 Å². The van der Waals surface area contributed by atoms with Crippen molar-refractivity contribution >= 4 is 33.3 Å². The summed E-state index contributed by atoms with van der Waals surface area (Å²) in [5.74, 6) is -2.49. The van der Waals surface area contributed by atoms with Crippen molar-refractivity contribution in [3.63, 3.8) is 0 Å². The SMILES string of the molecule is CCN(c1c(C(=O)O)ccc(Cl)c1F)S(C)(=O)=O. The van der Waals surface area contributed by atoms with Gasteiger partial charge in [-0.1, -0.05) is 11.6 Å². The van der Waals surface area contributed by atoms with E-state index in [9.17, 15) is 17.6 Å². The number of aromatic carboxylic acids is 1. The molecule has 0 aliphatic rings. The molecule has 0 amide bonds. The number of halogens is 2. The number of anilines is 1. The zero-order valence-corrected chi connectivity index (χ0v) is 11.2. The van der Waals surface area contributed by atoms with Crippen LogP contribution >= 0.6 is 11.6 Å². The Balaban J connectivity index is 3.64. The molecule has 0 heterocycles. The molecule has 0 spiro atoms. The smallest absolute Gasteiger partial charge is 0.337 e. The summed E-state index contributed by atoms with van der Waals surface area (Å²) in [4.78, 5) is 11.0. The Morgan fingerprint density at radius 2 is 2.06 bits per heavy atom. The van der Waals surface area contributed by atoms with Crippen LogP contribution < -0.4 is 4.31 Å². The third-order valence-corrected chi connectivity index (χ3v) is 3.77. The number of hydrogen-bond acceptors (Lipinski definition) is 3. The van der Waals surface area contributed by atoms with E-state index in [0.29, 0.717) is 4.31 Å². The Morgan fingerprint density at radius 3 is 2.44 bits per heavy atom. The van der Waals surface area contributed by atoms with Crippen LogP contribution in [0.4, 0.5) is 10.1 Å². The van der Waals surface area contributed by atoms with Crippen molar-refractivity contribution in [2.45, 2.75) is 6.92 Å². The number of carboxylic acids is 1. The predicted molar refractivity (Wildman–Crippen MR) is 66.2 cm³/mol. The fraction of sp³-hybridized carbons (Fsp3) is 0.300. The van der Waals surface area contributed by atoms with Gasteiger partial charge in [-0.15, -0.1) is 0 Å². The minimum absolute atomic E-state index is 0.101. The quantitative estimate of drug-likeness (QED) is 0.921. The largest absolute Gasteiger partial charge is 0.478 e. The average molecular weight is 296 g/mol. The van der Waals surface area contributed by atoms with Crippen molar-refractivity contribution in [3.05, 3.63) is 28.5 Å². The minimum atomic E-state index is -3.79. The molecule has 0 aliphatic carbocycles. The van der Waals surface area contributed by atoms with E-state index in [1.807, 2.05) is 0 Å². The fourth-order valence-corrected chi connectivity index (χ4v) is 2.65. The van der Waals surface area contributed by atoms with Gasteiger partial charge in [0.1, 0.15) is 5.69 Å². The first-order chi connectivity index (χ1) is 8.20. The lowest BCUT2D eigenvalue weighted by atomic mass is 10.1. The fourth-order valence-electron chi connectivity index (χ4n) is 1.51. The van der Waals surface area contributed by atoms with E-state index in [1.165, 1.54) is 6.92 Å². The van der Waals surface area contributed by atoms with Gasteiger partial charge in [-0.2, -0.15) is 0 Å². The lowest BCUT2D eigenvalue weighted by molar-refractivity contribution is 0.0697. The number of nitrogens with zero attached hydrogens (tertiary/aromatic N) is 1. The number of sulfonamides is 1. The van der Waals surface area contributed by atoms with Gasteiger partial charge in [0.05, 0.1) is 16.8 Å². The lowest BCUT2D eigenvalue weighted by Gasteiger charge is -2.23. The van der Waals surface area contributed by atoms with Gasteiger partial charge in [0.25, 0.3) is 0 Å². The molecule has 18 heavy (non-hydrogen) atoms. The van der Waals surface area contributed by atoms with Gasteiger partial charge in [-0.25, -0.2) is 17.6 Å². The van der Waals surface area contributed by atoms with Gasteiger partial charge < -0.3 is 5.11 Å². The molecule has 1 aromatic rings. The van der Waals surface area contributed by atoms with Gasteiger partial charge in [-0.3, -0.25) is 4.31 Å². The van der Waals surface area contributed by atoms with Crippen molar-refractivity contribution in [3.8, 4) is 0 Å². The molecule has 0 aliphatic heterocycles. The molecule has 0 bridgehead atoms. The maximum atomic E-state index is 13.9. The molecule has 5 nitrogen and oxygen atoms in total. The van der Waals surface area contributed by atoms with Crippen LogP contribution in [0.5, 0.6) is 0 Å². The highest BCUT2D eigenvalue weighted by Crippen LogP contribution is 2.31. The van der Waals surface area contributed by atoms with Gasteiger partial charge >= 0.3 is 5.97 Å². The Hall–Kier alpha value is -1.34. The second-order valence-electron chi connectivity index (χ2n) is 3.49. The Labute approximate surface area is 109 Å². The molecule has 1 aromatic carbocycles. The van der Waals surface area contributed by atoms with E-state index in [0.717, 1.165) is 18.4 Å². The average Bonchev–Trinajstić information content (AvgIpc) is 2.23. The molecule has 0 atom stereocenters. The number of hydrogen-bond donors (Lipinski definition) is 1. The summed E-state index contributed by atoms with van der Waals surface area (Å²) in [5.41, 5.74) is -0.996. The monoisotopic (exact) mass is 295 g/mol. The van der Waals surface area contributed by atoms with Crippen LogP contribution in [0.15, 0.2) is 12.1 Å². The van der Waals surface area contributed by atoms with Gasteiger partial charge in [0.15, 0.2) is 5.82 Å². The standard InChI is InChI=1S/C10H11ClFNO4S/c1-3-13(18(2,16)17)9-6(10(14)15)4-5-7(11)8(9)12/h4-5H,3H2,1-2H3,(H,14,15). The van der Waals surface area contributed by atoms with Crippen molar-refractivity contribution in [2.75, 3.05) is 17.1 Å². The van der Waals surface area contributed by atoms with E-state index in [1.54, 1.807) is 0 Å². The summed E-state index contributed by atoms with van der Waals surface area (Å²) in [6.07, 6.45) is 0.864. The number of carbonyl (C=O) groups is 1. The lowest BCUT2D eigenvalue weighted by Crippen LogP contribution is -2.32. The first-order valence-corrected chi connectivity index (χ1v) is 7.11. The first kappa shape index (κ1) is 14.7. The Kier molecular flexibility index (Phi) is 4.18. The number of benzene rings is 1. The van der Waals surface area contributed by atoms with Crippen molar-refractivity contribution in [1.29, 1.82) is 0 Å². The van der Waals surface area contributed by atoms with Crippen LogP contribution in [-0.2, 0) is 10.0 Å². The highest BCUT2D eigenvalue weighted by Gasteiger charge is 2.26. The summed E-state index contributed by atoms with van der Waals surface area (Å²) in [6, 6.07) is 2.14. The molecular formula is C10H11ClFNO4S. The van der Waals surface area contributed by atoms with Gasteiger partial charge in [0, 0.05) is 6.54 Å². The summed E-state index contributed by atoms with van der Waals surface area (Å²) in [7, 11) is -3.79. The molecule has 0 aromatic heterocycles. The summed E-state index contributed by atoms with van der Waals surface area (Å²) >= 11 is 5.55. The second kappa shape index (κ2) is 5.11. The molecule has 0 radical (unpaired) electrons. The van der Waals surface area contributed by atoms with Crippen LogP contribution in [0, 0.1) is 5.82 Å². The maximum absolute atomic E-state index is 13.9. The van der Waals surface area contributed by atoms with Gasteiger partial charge in [-0.05, 0) is 19.1 Å². The molecule has 8 heteroatoms. The molecule has 1 rings (SSSR count). The molecule has 0 unspecified atom stereocenters. The molecule has 1 N–H and O–H groups in total. The number of carboxylic acid groups (broad SMARTS) is 1. The normalized spacial score (nSPS) is 11.3. The maximum Gasteiger partial charge on any atom is 0.337 e. The molecule has 0 saturated carbocycles. The van der Waals surface area contributed by atoms with E-state index < -0.39 is 33.1 Å². The Morgan fingerprint density at radius 1 is 1.50 bits per heavy atom. The van der Waals surface area contributed by atoms with E-state index >= 15 is 0 Å². The third-order valence-electron chi connectivity index (χ3n) is 2.24. The Bertz CT molecular complexity index is 588. The second-order valence-corrected chi connectivity index (χ2v) is 5.80. The van der Waals surface area contributed by atoms with Crippen LogP contribution in [0.25, 0.3) is 0 Å². The minimum Gasteiger partial charge on any atom is -0.478 e. The first-order valence-electron chi connectivity index (χ1n) is 4.89. The zero-order valence-electron chi connectivity index (χ0n) is 9.65. The van der Waals surface area contributed by atoms with Crippen molar-refractivity contribution in [2.24, 2.45) is 0 Å². The summed E-state index contributed by atoms with van der Waals surface area (Å²) in [6.45, 7) is 1.36. The zero-order chi connectivity index (χ0) is 14.1. The molecule has 0 saturated heterocycles. The highest BCUT2D eigenvalue weighted by molar-refractivity contribution is 7.92. The molecular weight excluding hydrogens is 285 g/mol. The third kappa shape index (κ3) is 2.73. The highest BCUT2D eigenvalue weighted by atomic mass is 35.5. The molecule has 100 valence electrons. The van der Waals surface area contributed by atoms with E-state index in [-0.39, 0.29) is 11.6 Å². The van der Waals surface area contributed by atoms with E-state index in [2.05, 4.69) is 0 Å². The van der Waals surface area contributed by atoms with E-state index in [4.69, 9.17) is 16.7 Å². The summed E-state index contributed by atoms with van der Waals surface area (Å²) < 4.78 is 37.6. The number of rotatable bonds is 4. The molecule has 0 fully saturated rings.